The first-order valence-electron chi connectivity index (χ1n) is 10.1. The molecule has 0 unspecified atom stereocenters. The Balaban J connectivity index is 1.86. The molecule has 9 nitrogen and oxygen atoms in total. The fraction of sp³-hybridized carbons (Fsp3) is 0.700. The number of hydrogen-bond acceptors (Lipinski definition) is 7. The van der Waals surface area contributed by atoms with Crippen LogP contribution in [0.15, 0.2) is 17.2 Å². The number of nitrogens with one attached hydrogen (secondary N) is 1. The van der Waals surface area contributed by atoms with Crippen LogP contribution in [-0.2, 0) is 20.8 Å². The summed E-state index contributed by atoms with van der Waals surface area (Å²) < 4.78 is 11.6. The van der Waals surface area contributed by atoms with Gasteiger partial charge in [-0.1, -0.05) is 0 Å². The minimum absolute atomic E-state index is 0.155. The smallest absolute Gasteiger partial charge is 0.410 e. The van der Waals surface area contributed by atoms with Crippen LogP contribution < -0.4 is 10.9 Å². The number of carbonyl (C=O) groups is 2. The number of ether oxygens (including phenoxy) is 2. The molecule has 9 heteroatoms. The van der Waals surface area contributed by atoms with Gasteiger partial charge < -0.3 is 19.7 Å². The molecule has 0 aromatic carbocycles. The van der Waals surface area contributed by atoms with Crippen molar-refractivity contribution < 1.29 is 19.1 Å². The number of carbonyl (C=O) groups excluding carboxylic acids is 2. The summed E-state index contributed by atoms with van der Waals surface area (Å²) in [4.78, 5) is 42.2. The van der Waals surface area contributed by atoms with Gasteiger partial charge in [0.2, 0.25) is 0 Å². The largest absolute Gasteiger partial charge is 0.465 e. The number of hydrogen-bond donors (Lipinski definition) is 1. The molecule has 2 rings (SSSR count). The molecular weight excluding hydrogens is 376 g/mol. The molecule has 0 spiro atoms. The van der Waals surface area contributed by atoms with Gasteiger partial charge in [0, 0.05) is 32.0 Å². The van der Waals surface area contributed by atoms with Gasteiger partial charge in [-0.25, -0.2) is 9.78 Å². The summed E-state index contributed by atoms with van der Waals surface area (Å²) in [6, 6.07) is 0. The molecule has 1 aromatic heterocycles. The van der Waals surface area contributed by atoms with Crippen LogP contribution in [0.2, 0.25) is 0 Å². The second-order valence-electron chi connectivity index (χ2n) is 8.16. The van der Waals surface area contributed by atoms with Crippen molar-refractivity contribution in [2.24, 2.45) is 5.92 Å². The number of anilines is 1. The van der Waals surface area contributed by atoms with Crippen LogP contribution in [0.3, 0.4) is 0 Å². The highest BCUT2D eigenvalue weighted by atomic mass is 16.6. The second-order valence-corrected chi connectivity index (χ2v) is 8.16. The molecule has 1 aliphatic carbocycles. The lowest BCUT2D eigenvalue weighted by molar-refractivity contribution is -0.143. The average Bonchev–Trinajstić information content (AvgIpc) is 3.43. The molecule has 0 atom stereocenters. The van der Waals surface area contributed by atoms with E-state index in [1.54, 1.807) is 11.8 Å². The lowest BCUT2D eigenvalue weighted by atomic mass is 10.2. The molecule has 1 N–H and O–H groups in total. The standard InChI is InChI=1S/C20H32N4O5/c1-5-28-16(25)14-23-12-10-22-17(18(23)26)21-9-6-11-24(13-15-7-8-15)19(27)29-20(2,3)4/h10,12,15H,5-9,11,13-14H2,1-4H3,(H,21,22). The van der Waals surface area contributed by atoms with Crippen molar-refractivity contribution in [2.75, 3.05) is 31.6 Å². The van der Waals surface area contributed by atoms with Crippen molar-refractivity contribution in [1.29, 1.82) is 0 Å². The molecule has 0 radical (unpaired) electrons. The topological polar surface area (TPSA) is 103 Å². The van der Waals surface area contributed by atoms with Gasteiger partial charge in [-0.15, -0.1) is 0 Å². The Morgan fingerprint density at radius 3 is 2.69 bits per heavy atom. The van der Waals surface area contributed by atoms with E-state index in [4.69, 9.17) is 9.47 Å². The van der Waals surface area contributed by atoms with E-state index in [0.717, 1.165) is 12.8 Å². The SMILES string of the molecule is CCOC(=O)Cn1ccnc(NCCCN(CC2CC2)C(=O)OC(C)(C)C)c1=O. The van der Waals surface area contributed by atoms with E-state index in [1.165, 1.54) is 17.0 Å². The van der Waals surface area contributed by atoms with Crippen LogP contribution in [0.5, 0.6) is 0 Å². The van der Waals surface area contributed by atoms with Crippen molar-refractivity contribution in [3.05, 3.63) is 22.7 Å². The van der Waals surface area contributed by atoms with Gasteiger partial charge in [0.05, 0.1) is 6.61 Å². The quantitative estimate of drug-likeness (QED) is 0.468. The lowest BCUT2D eigenvalue weighted by Crippen LogP contribution is -2.39. The summed E-state index contributed by atoms with van der Waals surface area (Å²) in [6.07, 6.45) is 5.53. The summed E-state index contributed by atoms with van der Waals surface area (Å²) in [5.41, 5.74) is -0.919. The maximum absolute atomic E-state index is 12.4. The second kappa shape index (κ2) is 10.3. The van der Waals surface area contributed by atoms with Crippen LogP contribution in [0, 0.1) is 5.92 Å². The van der Waals surface area contributed by atoms with Crippen molar-refractivity contribution in [1.82, 2.24) is 14.5 Å². The summed E-state index contributed by atoms with van der Waals surface area (Å²) in [6.45, 7) is 9.07. The van der Waals surface area contributed by atoms with Crippen molar-refractivity contribution in [3.63, 3.8) is 0 Å². The Hall–Kier alpha value is -2.58. The van der Waals surface area contributed by atoms with Crippen molar-refractivity contribution in [3.8, 4) is 0 Å². The third-order valence-electron chi connectivity index (χ3n) is 4.24. The number of nitrogens with zero attached hydrogens (tertiary/aromatic N) is 3. The highest BCUT2D eigenvalue weighted by Gasteiger charge is 2.29. The zero-order valence-corrected chi connectivity index (χ0v) is 17.8. The average molecular weight is 408 g/mol. The molecule has 1 fully saturated rings. The first-order valence-corrected chi connectivity index (χ1v) is 10.1. The zero-order valence-electron chi connectivity index (χ0n) is 17.8. The third kappa shape index (κ3) is 8.13. The van der Waals surface area contributed by atoms with E-state index >= 15 is 0 Å². The van der Waals surface area contributed by atoms with Crippen LogP contribution in [-0.4, -0.2) is 58.4 Å². The Labute approximate surface area is 171 Å². The third-order valence-corrected chi connectivity index (χ3v) is 4.24. The van der Waals surface area contributed by atoms with Crippen LogP contribution in [0.1, 0.15) is 47.0 Å². The predicted molar refractivity (Wildman–Crippen MR) is 109 cm³/mol. The molecule has 162 valence electrons. The van der Waals surface area contributed by atoms with E-state index < -0.39 is 11.6 Å². The van der Waals surface area contributed by atoms with E-state index in [-0.39, 0.29) is 30.6 Å². The lowest BCUT2D eigenvalue weighted by Gasteiger charge is -2.27. The van der Waals surface area contributed by atoms with E-state index in [1.807, 2.05) is 20.8 Å². The first-order chi connectivity index (χ1) is 13.7. The molecule has 1 heterocycles. The summed E-state index contributed by atoms with van der Waals surface area (Å²) in [5, 5.41) is 2.99. The van der Waals surface area contributed by atoms with Crippen LogP contribution in [0.25, 0.3) is 0 Å². The minimum Gasteiger partial charge on any atom is -0.465 e. The summed E-state index contributed by atoms with van der Waals surface area (Å²) in [7, 11) is 0. The zero-order chi connectivity index (χ0) is 21.4. The van der Waals surface area contributed by atoms with Gasteiger partial charge in [-0.3, -0.25) is 14.2 Å². The van der Waals surface area contributed by atoms with Gasteiger partial charge in [0.25, 0.3) is 5.56 Å². The van der Waals surface area contributed by atoms with Gasteiger partial charge in [-0.2, -0.15) is 0 Å². The van der Waals surface area contributed by atoms with E-state index in [9.17, 15) is 14.4 Å². The minimum atomic E-state index is -0.533. The molecule has 0 aliphatic heterocycles. The number of aromatic nitrogens is 2. The monoisotopic (exact) mass is 408 g/mol. The maximum atomic E-state index is 12.4. The van der Waals surface area contributed by atoms with Crippen molar-refractivity contribution in [2.45, 2.75) is 59.1 Å². The Bertz CT molecular complexity index is 752. The van der Waals surface area contributed by atoms with Gasteiger partial charge in [-0.05, 0) is 52.9 Å². The van der Waals surface area contributed by atoms with Gasteiger partial charge in [0.1, 0.15) is 12.1 Å². The van der Waals surface area contributed by atoms with Crippen molar-refractivity contribution >= 4 is 17.9 Å². The van der Waals surface area contributed by atoms with Gasteiger partial charge in [0.15, 0.2) is 5.82 Å². The van der Waals surface area contributed by atoms with E-state index in [0.29, 0.717) is 32.0 Å². The Kier molecular flexibility index (Phi) is 8.04. The molecule has 0 saturated heterocycles. The molecule has 1 aromatic rings. The predicted octanol–water partition coefficient (Wildman–Crippen LogP) is 2.26. The molecule has 1 saturated carbocycles. The Morgan fingerprint density at radius 2 is 2.07 bits per heavy atom. The fourth-order valence-corrected chi connectivity index (χ4v) is 2.71. The fourth-order valence-electron chi connectivity index (χ4n) is 2.71. The number of rotatable bonds is 10. The first kappa shape index (κ1) is 22.7. The number of amides is 1. The molecule has 29 heavy (non-hydrogen) atoms. The highest BCUT2D eigenvalue weighted by molar-refractivity contribution is 5.69. The number of esters is 1. The van der Waals surface area contributed by atoms with Crippen LogP contribution in [0.4, 0.5) is 10.6 Å². The molecule has 1 aliphatic rings. The molecule has 0 bridgehead atoms. The normalized spacial score (nSPS) is 13.7. The summed E-state index contributed by atoms with van der Waals surface area (Å²) >= 11 is 0. The van der Waals surface area contributed by atoms with Gasteiger partial charge >= 0.3 is 12.1 Å². The molecular formula is C20H32N4O5. The highest BCUT2D eigenvalue weighted by Crippen LogP contribution is 2.30. The Morgan fingerprint density at radius 1 is 1.34 bits per heavy atom. The summed E-state index contributed by atoms with van der Waals surface area (Å²) in [5.74, 6) is 0.254. The van der Waals surface area contributed by atoms with Crippen LogP contribution >= 0.6 is 0 Å². The molecule has 1 amide bonds. The van der Waals surface area contributed by atoms with E-state index in [2.05, 4.69) is 10.3 Å². The maximum Gasteiger partial charge on any atom is 0.410 e.